The highest BCUT2D eigenvalue weighted by molar-refractivity contribution is 14.0. The number of phenols is 1. The molecule has 26 heavy (non-hydrogen) atoms. The molecule has 0 radical (unpaired) electrons. The summed E-state index contributed by atoms with van der Waals surface area (Å²) < 4.78 is 24.0. The molecule has 0 atom stereocenters. The van der Waals surface area contributed by atoms with E-state index in [1.54, 1.807) is 13.1 Å². The fourth-order valence-electron chi connectivity index (χ4n) is 2.49. The number of aliphatic imine (C=N–C) groups is 1. The van der Waals surface area contributed by atoms with E-state index >= 15 is 0 Å². The maximum atomic E-state index is 13.3. The van der Waals surface area contributed by atoms with E-state index in [0.29, 0.717) is 24.6 Å². The van der Waals surface area contributed by atoms with Gasteiger partial charge in [-0.15, -0.1) is 24.0 Å². The van der Waals surface area contributed by atoms with Crippen molar-refractivity contribution in [2.75, 3.05) is 20.4 Å². The van der Waals surface area contributed by atoms with Crippen molar-refractivity contribution in [2.45, 2.75) is 13.0 Å². The van der Waals surface area contributed by atoms with Crippen LogP contribution in [0.5, 0.6) is 17.2 Å². The summed E-state index contributed by atoms with van der Waals surface area (Å²) in [6.45, 7) is 1.36. The first-order chi connectivity index (χ1) is 12.2. The van der Waals surface area contributed by atoms with Crippen LogP contribution >= 0.6 is 24.0 Å². The summed E-state index contributed by atoms with van der Waals surface area (Å²) in [7, 11) is 1.67. The van der Waals surface area contributed by atoms with E-state index in [4.69, 9.17) is 9.47 Å². The van der Waals surface area contributed by atoms with Gasteiger partial charge < -0.3 is 25.2 Å². The van der Waals surface area contributed by atoms with Gasteiger partial charge in [0, 0.05) is 20.1 Å². The van der Waals surface area contributed by atoms with E-state index in [1.165, 1.54) is 12.1 Å². The number of benzene rings is 2. The van der Waals surface area contributed by atoms with Crippen LogP contribution in [-0.2, 0) is 13.0 Å². The van der Waals surface area contributed by atoms with Crippen molar-refractivity contribution >= 4 is 29.9 Å². The Morgan fingerprint density at radius 1 is 1.12 bits per heavy atom. The Labute approximate surface area is 168 Å². The molecule has 140 valence electrons. The SMILES string of the molecule is CN=C(NCCc1ccc2c(c1)OCO2)NCc1ccc(O)c(F)c1.I. The van der Waals surface area contributed by atoms with Gasteiger partial charge in [0.15, 0.2) is 29.0 Å². The number of guanidine groups is 1. The lowest BCUT2D eigenvalue weighted by Crippen LogP contribution is -2.37. The molecular weight excluding hydrogens is 452 g/mol. The third-order valence-corrected chi connectivity index (χ3v) is 3.84. The molecule has 0 aromatic heterocycles. The molecule has 3 N–H and O–H groups in total. The summed E-state index contributed by atoms with van der Waals surface area (Å²) in [6.07, 6.45) is 0.797. The van der Waals surface area contributed by atoms with Crippen molar-refractivity contribution in [2.24, 2.45) is 4.99 Å². The van der Waals surface area contributed by atoms with Gasteiger partial charge in [-0.3, -0.25) is 4.99 Å². The van der Waals surface area contributed by atoms with Crippen LogP contribution in [0.3, 0.4) is 0 Å². The molecule has 1 aliphatic heterocycles. The molecule has 3 rings (SSSR count). The molecule has 0 saturated carbocycles. The van der Waals surface area contributed by atoms with E-state index in [2.05, 4.69) is 15.6 Å². The summed E-state index contributed by atoms with van der Waals surface area (Å²) in [4.78, 5) is 4.14. The number of rotatable bonds is 5. The van der Waals surface area contributed by atoms with Crippen molar-refractivity contribution in [1.82, 2.24) is 10.6 Å². The molecular formula is C18H21FIN3O3. The third-order valence-electron chi connectivity index (χ3n) is 3.84. The number of hydrogen-bond acceptors (Lipinski definition) is 4. The van der Waals surface area contributed by atoms with Crippen molar-refractivity contribution < 1.29 is 19.0 Å². The largest absolute Gasteiger partial charge is 0.505 e. The number of phenolic OH excluding ortho intramolecular Hbond substituents is 1. The molecule has 0 amide bonds. The van der Waals surface area contributed by atoms with Gasteiger partial charge in [-0.25, -0.2) is 4.39 Å². The highest BCUT2D eigenvalue weighted by Crippen LogP contribution is 2.32. The zero-order valence-electron chi connectivity index (χ0n) is 14.3. The van der Waals surface area contributed by atoms with Crippen LogP contribution in [0, 0.1) is 5.82 Å². The zero-order valence-corrected chi connectivity index (χ0v) is 16.6. The lowest BCUT2D eigenvalue weighted by atomic mass is 10.1. The highest BCUT2D eigenvalue weighted by Gasteiger charge is 2.13. The van der Waals surface area contributed by atoms with E-state index in [0.717, 1.165) is 23.5 Å². The Morgan fingerprint density at radius 3 is 2.65 bits per heavy atom. The predicted molar refractivity (Wildman–Crippen MR) is 108 cm³/mol. The fourth-order valence-corrected chi connectivity index (χ4v) is 2.49. The van der Waals surface area contributed by atoms with Gasteiger partial charge in [0.2, 0.25) is 6.79 Å². The van der Waals surface area contributed by atoms with Crippen molar-refractivity contribution in [3.8, 4) is 17.2 Å². The van der Waals surface area contributed by atoms with Crippen LogP contribution in [-0.4, -0.2) is 31.5 Å². The number of nitrogens with zero attached hydrogens (tertiary/aromatic N) is 1. The zero-order chi connectivity index (χ0) is 17.6. The van der Waals surface area contributed by atoms with E-state index < -0.39 is 5.82 Å². The Morgan fingerprint density at radius 2 is 1.88 bits per heavy atom. The molecule has 0 bridgehead atoms. The lowest BCUT2D eigenvalue weighted by Gasteiger charge is -2.12. The topological polar surface area (TPSA) is 75.1 Å². The molecule has 2 aromatic carbocycles. The van der Waals surface area contributed by atoms with Crippen LogP contribution in [0.2, 0.25) is 0 Å². The smallest absolute Gasteiger partial charge is 0.231 e. The summed E-state index contributed by atoms with van der Waals surface area (Å²) in [6, 6.07) is 10.2. The molecule has 1 aliphatic rings. The molecule has 0 unspecified atom stereocenters. The average Bonchev–Trinajstić information content (AvgIpc) is 3.08. The monoisotopic (exact) mass is 473 g/mol. The van der Waals surface area contributed by atoms with Crippen LogP contribution < -0.4 is 20.1 Å². The molecule has 8 heteroatoms. The minimum Gasteiger partial charge on any atom is -0.505 e. The second kappa shape index (κ2) is 9.46. The molecule has 2 aromatic rings. The minimum atomic E-state index is -0.634. The quantitative estimate of drug-likeness (QED) is 0.354. The van der Waals surface area contributed by atoms with Gasteiger partial charge in [-0.2, -0.15) is 0 Å². The number of hydrogen-bond donors (Lipinski definition) is 3. The second-order valence-electron chi connectivity index (χ2n) is 5.58. The molecule has 6 nitrogen and oxygen atoms in total. The van der Waals surface area contributed by atoms with Gasteiger partial charge in [0.1, 0.15) is 0 Å². The standard InChI is InChI=1S/C18H20FN3O3.HI/c1-20-18(22-10-13-2-4-15(23)14(19)8-13)21-7-6-12-3-5-16-17(9-12)25-11-24-16;/h2-5,8-9,23H,6-7,10-11H2,1H3,(H2,20,21,22);1H. The lowest BCUT2D eigenvalue weighted by molar-refractivity contribution is 0.174. The molecule has 0 spiro atoms. The van der Waals surface area contributed by atoms with Crippen LogP contribution in [0.4, 0.5) is 4.39 Å². The van der Waals surface area contributed by atoms with Crippen LogP contribution in [0.1, 0.15) is 11.1 Å². The normalized spacial score (nSPS) is 12.5. The Balaban J connectivity index is 0.00000243. The van der Waals surface area contributed by atoms with Crippen molar-refractivity contribution in [3.63, 3.8) is 0 Å². The highest BCUT2D eigenvalue weighted by atomic mass is 127. The Bertz CT molecular complexity index is 786. The Hall–Kier alpha value is -2.23. The molecule has 0 saturated heterocycles. The fraction of sp³-hybridized carbons (Fsp3) is 0.278. The number of nitrogens with one attached hydrogen (secondary N) is 2. The predicted octanol–water partition coefficient (Wildman–Crippen LogP) is 2.79. The van der Waals surface area contributed by atoms with Gasteiger partial charge in [0.05, 0.1) is 0 Å². The number of fused-ring (bicyclic) bond motifs is 1. The van der Waals surface area contributed by atoms with Crippen molar-refractivity contribution in [1.29, 1.82) is 0 Å². The van der Waals surface area contributed by atoms with E-state index in [9.17, 15) is 9.50 Å². The second-order valence-corrected chi connectivity index (χ2v) is 5.58. The van der Waals surface area contributed by atoms with Gasteiger partial charge in [-0.1, -0.05) is 12.1 Å². The first-order valence-electron chi connectivity index (χ1n) is 7.96. The summed E-state index contributed by atoms with van der Waals surface area (Å²) in [5.74, 6) is 1.18. The Kier molecular flexibility index (Phi) is 7.31. The number of aromatic hydroxyl groups is 1. The summed E-state index contributed by atoms with van der Waals surface area (Å²) >= 11 is 0. The maximum Gasteiger partial charge on any atom is 0.231 e. The van der Waals surface area contributed by atoms with Crippen molar-refractivity contribution in [3.05, 3.63) is 53.3 Å². The van der Waals surface area contributed by atoms with Gasteiger partial charge in [-0.05, 0) is 41.8 Å². The first kappa shape index (κ1) is 20.1. The third kappa shape index (κ3) is 5.13. The van der Waals surface area contributed by atoms with Crippen LogP contribution in [0.25, 0.3) is 0 Å². The summed E-state index contributed by atoms with van der Waals surface area (Å²) in [5.41, 5.74) is 1.85. The van der Waals surface area contributed by atoms with E-state index in [-0.39, 0.29) is 36.5 Å². The minimum absolute atomic E-state index is 0. The molecule has 0 fully saturated rings. The number of halogens is 2. The average molecular weight is 473 g/mol. The summed E-state index contributed by atoms with van der Waals surface area (Å²) in [5, 5.41) is 15.5. The maximum absolute atomic E-state index is 13.3. The molecule has 0 aliphatic carbocycles. The van der Waals surface area contributed by atoms with Gasteiger partial charge >= 0.3 is 0 Å². The number of ether oxygens (including phenoxy) is 2. The van der Waals surface area contributed by atoms with Crippen LogP contribution in [0.15, 0.2) is 41.4 Å². The first-order valence-corrected chi connectivity index (χ1v) is 7.96. The molecule has 1 heterocycles. The van der Waals surface area contributed by atoms with Gasteiger partial charge in [0.25, 0.3) is 0 Å². The van der Waals surface area contributed by atoms with E-state index in [1.807, 2.05) is 18.2 Å².